The van der Waals surface area contributed by atoms with Gasteiger partial charge in [-0.05, 0) is 12.8 Å². The molecule has 0 aliphatic carbocycles. The van der Waals surface area contributed by atoms with E-state index in [2.05, 4.69) is 0 Å². The van der Waals surface area contributed by atoms with E-state index in [9.17, 15) is 0 Å². The van der Waals surface area contributed by atoms with Crippen LogP contribution in [0.1, 0.15) is 19.3 Å². The average molecular weight is 133 g/mol. The molecule has 0 amide bonds. The van der Waals surface area contributed by atoms with E-state index < -0.39 is 5.91 Å². The molecule has 54 valence electrons. The maximum Gasteiger partial charge on any atom is 0.246 e. The SMILES string of the molecule is ON1CCCCC1(O)O. The first-order valence-corrected chi connectivity index (χ1v) is 3.04. The molecule has 0 saturated carbocycles. The first kappa shape index (κ1) is 6.95. The van der Waals surface area contributed by atoms with Crippen molar-refractivity contribution >= 4 is 0 Å². The van der Waals surface area contributed by atoms with E-state index >= 15 is 0 Å². The van der Waals surface area contributed by atoms with Gasteiger partial charge in [0.15, 0.2) is 0 Å². The van der Waals surface area contributed by atoms with Crippen molar-refractivity contribution in [3.8, 4) is 0 Å². The first-order valence-electron chi connectivity index (χ1n) is 3.04. The van der Waals surface area contributed by atoms with Crippen molar-refractivity contribution in [1.82, 2.24) is 5.06 Å². The number of aliphatic hydroxyl groups is 2. The van der Waals surface area contributed by atoms with Gasteiger partial charge < -0.3 is 15.4 Å². The minimum absolute atomic E-state index is 0.226. The Kier molecular flexibility index (Phi) is 1.72. The molecule has 1 saturated heterocycles. The second kappa shape index (κ2) is 2.22. The van der Waals surface area contributed by atoms with Gasteiger partial charge in [-0.2, -0.15) is 0 Å². The lowest BCUT2D eigenvalue weighted by atomic mass is 10.1. The molecule has 1 aliphatic rings. The second-order valence-electron chi connectivity index (χ2n) is 2.35. The fourth-order valence-electron chi connectivity index (χ4n) is 0.932. The third kappa shape index (κ3) is 1.40. The smallest absolute Gasteiger partial charge is 0.246 e. The van der Waals surface area contributed by atoms with Crippen molar-refractivity contribution in [1.29, 1.82) is 0 Å². The summed E-state index contributed by atoms with van der Waals surface area (Å²) in [7, 11) is 0. The van der Waals surface area contributed by atoms with Crippen LogP contribution in [0.3, 0.4) is 0 Å². The van der Waals surface area contributed by atoms with Gasteiger partial charge in [0.1, 0.15) is 0 Å². The van der Waals surface area contributed by atoms with Crippen LogP contribution in [0, 0.1) is 0 Å². The lowest BCUT2D eigenvalue weighted by molar-refractivity contribution is -0.373. The average Bonchev–Trinajstić information content (AvgIpc) is 1.77. The van der Waals surface area contributed by atoms with Gasteiger partial charge in [0.2, 0.25) is 5.91 Å². The third-order valence-electron chi connectivity index (χ3n) is 1.55. The third-order valence-corrected chi connectivity index (χ3v) is 1.55. The van der Waals surface area contributed by atoms with Gasteiger partial charge in [0.05, 0.1) is 0 Å². The van der Waals surface area contributed by atoms with Gasteiger partial charge in [-0.3, -0.25) is 0 Å². The second-order valence-corrected chi connectivity index (χ2v) is 2.35. The highest BCUT2D eigenvalue weighted by atomic mass is 16.6. The Bertz CT molecular complexity index is 104. The molecule has 1 fully saturated rings. The zero-order valence-corrected chi connectivity index (χ0v) is 5.12. The summed E-state index contributed by atoms with van der Waals surface area (Å²) in [6.45, 7) is 0.340. The molecular formula is C5H11NO3. The maximum absolute atomic E-state index is 8.87. The van der Waals surface area contributed by atoms with Gasteiger partial charge in [-0.15, -0.1) is 5.06 Å². The minimum atomic E-state index is -1.97. The molecular weight excluding hydrogens is 122 g/mol. The van der Waals surface area contributed by atoms with E-state index in [-0.39, 0.29) is 6.42 Å². The van der Waals surface area contributed by atoms with Gasteiger partial charge in [0, 0.05) is 13.0 Å². The molecule has 0 bridgehead atoms. The van der Waals surface area contributed by atoms with Crippen LogP contribution in [0.15, 0.2) is 0 Å². The zero-order valence-electron chi connectivity index (χ0n) is 5.12. The highest BCUT2D eigenvalue weighted by molar-refractivity contribution is 4.66. The highest BCUT2D eigenvalue weighted by Gasteiger charge is 2.33. The predicted molar refractivity (Wildman–Crippen MR) is 29.5 cm³/mol. The lowest BCUT2D eigenvalue weighted by Crippen LogP contribution is -2.49. The van der Waals surface area contributed by atoms with Crippen molar-refractivity contribution in [3.63, 3.8) is 0 Å². The van der Waals surface area contributed by atoms with Gasteiger partial charge >= 0.3 is 0 Å². The summed E-state index contributed by atoms with van der Waals surface area (Å²) in [5.74, 6) is -1.97. The van der Waals surface area contributed by atoms with Crippen molar-refractivity contribution in [2.75, 3.05) is 6.54 Å². The van der Waals surface area contributed by atoms with Crippen LogP contribution in [0.5, 0.6) is 0 Å². The Morgan fingerprint density at radius 2 is 1.89 bits per heavy atom. The maximum atomic E-state index is 8.87. The van der Waals surface area contributed by atoms with E-state index in [0.717, 1.165) is 12.8 Å². The van der Waals surface area contributed by atoms with E-state index in [4.69, 9.17) is 15.4 Å². The Balaban J connectivity index is 2.49. The number of hydrogen-bond acceptors (Lipinski definition) is 4. The standard InChI is InChI=1S/C5H11NO3/c7-5(8)3-1-2-4-6(5)9/h7-9H,1-4H2. The van der Waals surface area contributed by atoms with Crippen molar-refractivity contribution in [2.45, 2.75) is 25.2 Å². The molecule has 4 heteroatoms. The molecule has 0 aromatic heterocycles. The summed E-state index contributed by atoms with van der Waals surface area (Å²) in [5, 5.41) is 27.1. The van der Waals surface area contributed by atoms with Crippen molar-refractivity contribution in [2.24, 2.45) is 0 Å². The number of piperidine rings is 1. The first-order chi connectivity index (χ1) is 4.13. The van der Waals surface area contributed by atoms with Crippen LogP contribution in [-0.4, -0.2) is 32.9 Å². The van der Waals surface area contributed by atoms with Crippen LogP contribution in [0.25, 0.3) is 0 Å². The summed E-state index contributed by atoms with van der Waals surface area (Å²) in [4.78, 5) is 0. The molecule has 3 N–H and O–H groups in total. The Labute approximate surface area is 53.3 Å². The highest BCUT2D eigenvalue weighted by Crippen LogP contribution is 2.20. The Morgan fingerprint density at radius 1 is 1.22 bits per heavy atom. The molecule has 4 nitrogen and oxygen atoms in total. The fourth-order valence-corrected chi connectivity index (χ4v) is 0.932. The molecule has 9 heavy (non-hydrogen) atoms. The van der Waals surface area contributed by atoms with Gasteiger partial charge in [-0.1, -0.05) is 0 Å². The van der Waals surface area contributed by atoms with Gasteiger partial charge in [-0.25, -0.2) is 0 Å². The van der Waals surface area contributed by atoms with Crippen LogP contribution in [-0.2, 0) is 0 Å². The molecule has 1 rings (SSSR count). The van der Waals surface area contributed by atoms with E-state index in [0.29, 0.717) is 11.6 Å². The quantitative estimate of drug-likeness (QED) is 0.390. The van der Waals surface area contributed by atoms with Gasteiger partial charge in [0.25, 0.3) is 0 Å². The van der Waals surface area contributed by atoms with Crippen LogP contribution < -0.4 is 0 Å². The summed E-state index contributed by atoms with van der Waals surface area (Å²) in [6.07, 6.45) is 1.80. The van der Waals surface area contributed by atoms with E-state index in [1.807, 2.05) is 0 Å². The number of rotatable bonds is 0. The molecule has 1 aliphatic heterocycles. The molecule has 0 aromatic carbocycles. The topological polar surface area (TPSA) is 63.9 Å². The Hall–Kier alpha value is -0.160. The molecule has 0 aromatic rings. The summed E-state index contributed by atoms with van der Waals surface area (Å²) in [6, 6.07) is 0. The summed E-state index contributed by atoms with van der Waals surface area (Å²) >= 11 is 0. The minimum Gasteiger partial charge on any atom is -0.352 e. The van der Waals surface area contributed by atoms with Crippen molar-refractivity contribution < 1.29 is 15.4 Å². The molecule has 0 unspecified atom stereocenters. The molecule has 0 radical (unpaired) electrons. The van der Waals surface area contributed by atoms with Crippen LogP contribution in [0.4, 0.5) is 0 Å². The number of hydroxylamine groups is 2. The Morgan fingerprint density at radius 3 is 2.22 bits per heavy atom. The normalized spacial score (nSPS) is 28.3. The summed E-state index contributed by atoms with van der Waals surface area (Å²) < 4.78 is 0. The molecule has 1 heterocycles. The van der Waals surface area contributed by atoms with Crippen LogP contribution in [0.2, 0.25) is 0 Å². The predicted octanol–water partition coefficient (Wildman–Crippen LogP) is -0.500. The monoisotopic (exact) mass is 133 g/mol. The zero-order chi connectivity index (χ0) is 6.91. The lowest BCUT2D eigenvalue weighted by Gasteiger charge is -2.33. The van der Waals surface area contributed by atoms with E-state index in [1.54, 1.807) is 0 Å². The fraction of sp³-hybridized carbons (Fsp3) is 1.00. The number of hydrogen-bond donors (Lipinski definition) is 3. The molecule has 0 atom stereocenters. The van der Waals surface area contributed by atoms with E-state index in [1.165, 1.54) is 0 Å². The summed E-state index contributed by atoms with van der Waals surface area (Å²) in [5.41, 5.74) is 0. The largest absolute Gasteiger partial charge is 0.352 e. The molecule has 0 spiro atoms. The number of nitrogens with zero attached hydrogens (tertiary/aromatic N) is 1. The van der Waals surface area contributed by atoms with Crippen LogP contribution >= 0.6 is 0 Å². The van der Waals surface area contributed by atoms with Crippen molar-refractivity contribution in [3.05, 3.63) is 0 Å².